The predicted octanol–water partition coefficient (Wildman–Crippen LogP) is 3.29. The molecule has 2 aliphatic rings. The molecule has 2 saturated carbocycles. The number of carbonyl (C=O) groups excluding carboxylic acids is 1. The normalized spacial score (nSPS) is 42.1. The number of methoxy groups -OCH3 is 1. The van der Waals surface area contributed by atoms with Crippen LogP contribution in [0.1, 0.15) is 37.6 Å². The van der Waals surface area contributed by atoms with Gasteiger partial charge < -0.3 is 9.47 Å². The van der Waals surface area contributed by atoms with Gasteiger partial charge in [-0.15, -0.1) is 0 Å². The van der Waals surface area contributed by atoms with Crippen LogP contribution in [-0.4, -0.2) is 24.3 Å². The van der Waals surface area contributed by atoms with E-state index < -0.39 is 5.60 Å². The summed E-state index contributed by atoms with van der Waals surface area (Å²) in [4.78, 5) is 12.3. The monoisotopic (exact) mass is 274 g/mol. The van der Waals surface area contributed by atoms with Crippen LogP contribution in [0.3, 0.4) is 0 Å². The minimum atomic E-state index is -0.453. The molecule has 0 aromatic heterocycles. The summed E-state index contributed by atoms with van der Waals surface area (Å²) in [5.74, 6) is 0.813. The first-order chi connectivity index (χ1) is 9.45. The van der Waals surface area contributed by atoms with E-state index in [1.807, 2.05) is 18.2 Å². The van der Waals surface area contributed by atoms with Crippen LogP contribution in [0.5, 0.6) is 0 Å². The highest BCUT2D eigenvalue weighted by Crippen LogP contribution is 2.68. The number of hydrogen-bond acceptors (Lipinski definition) is 3. The molecule has 0 N–H and O–H groups in total. The van der Waals surface area contributed by atoms with Crippen molar-refractivity contribution >= 4 is 5.97 Å². The topological polar surface area (TPSA) is 35.5 Å². The first-order valence-electron chi connectivity index (χ1n) is 7.29. The van der Waals surface area contributed by atoms with E-state index >= 15 is 0 Å². The SMILES string of the molecule is COC12CC1C(C)C(C)(OC(=O)c1ccccc1)C2C. The van der Waals surface area contributed by atoms with Gasteiger partial charge in [-0.1, -0.05) is 32.0 Å². The number of hydrogen-bond donors (Lipinski definition) is 0. The predicted molar refractivity (Wildman–Crippen MR) is 76.4 cm³/mol. The maximum atomic E-state index is 12.3. The third kappa shape index (κ3) is 1.65. The standard InChI is InChI=1S/C17H22O3/c1-11-14-10-17(14,19-4)12(2)16(11,3)20-15(18)13-8-6-5-7-9-13/h5-9,11-12,14H,10H2,1-4H3. The largest absolute Gasteiger partial charge is 0.455 e. The van der Waals surface area contributed by atoms with Gasteiger partial charge in [-0.3, -0.25) is 0 Å². The van der Waals surface area contributed by atoms with Crippen LogP contribution >= 0.6 is 0 Å². The minimum absolute atomic E-state index is 0.0782. The van der Waals surface area contributed by atoms with Gasteiger partial charge in [0.15, 0.2) is 0 Å². The van der Waals surface area contributed by atoms with Gasteiger partial charge in [0.05, 0.1) is 11.2 Å². The van der Waals surface area contributed by atoms with E-state index in [-0.39, 0.29) is 17.5 Å². The highest BCUT2D eigenvalue weighted by molar-refractivity contribution is 5.89. The van der Waals surface area contributed by atoms with Crippen molar-refractivity contribution < 1.29 is 14.3 Å². The summed E-state index contributed by atoms with van der Waals surface area (Å²) >= 11 is 0. The van der Waals surface area contributed by atoms with Crippen LogP contribution in [0, 0.1) is 17.8 Å². The summed E-state index contributed by atoms with van der Waals surface area (Å²) in [7, 11) is 1.77. The minimum Gasteiger partial charge on any atom is -0.455 e. The Balaban J connectivity index is 1.82. The second-order valence-corrected chi connectivity index (χ2v) is 6.42. The molecule has 2 aliphatic carbocycles. The second kappa shape index (κ2) is 4.32. The van der Waals surface area contributed by atoms with Crippen LogP contribution in [0.2, 0.25) is 0 Å². The van der Waals surface area contributed by atoms with Gasteiger partial charge in [0.1, 0.15) is 5.60 Å². The molecule has 0 saturated heterocycles. The zero-order chi connectivity index (χ0) is 14.5. The molecule has 0 spiro atoms. The molecule has 20 heavy (non-hydrogen) atoms. The molecular weight excluding hydrogens is 252 g/mol. The quantitative estimate of drug-likeness (QED) is 0.793. The Labute approximate surface area is 120 Å². The lowest BCUT2D eigenvalue weighted by Gasteiger charge is -2.37. The van der Waals surface area contributed by atoms with E-state index in [1.165, 1.54) is 0 Å². The van der Waals surface area contributed by atoms with Gasteiger partial charge >= 0.3 is 5.97 Å². The van der Waals surface area contributed by atoms with E-state index in [1.54, 1.807) is 19.2 Å². The Kier molecular flexibility index (Phi) is 2.94. The summed E-state index contributed by atoms with van der Waals surface area (Å²) in [5, 5.41) is 0. The van der Waals surface area contributed by atoms with Crippen LogP contribution in [0.15, 0.2) is 30.3 Å². The first-order valence-corrected chi connectivity index (χ1v) is 7.29. The molecule has 0 aliphatic heterocycles. The van der Waals surface area contributed by atoms with Crippen LogP contribution in [0.4, 0.5) is 0 Å². The number of ether oxygens (including phenoxy) is 2. The fraction of sp³-hybridized carbons (Fsp3) is 0.588. The van der Waals surface area contributed by atoms with Gasteiger partial charge in [0.2, 0.25) is 0 Å². The lowest BCUT2D eigenvalue weighted by Crippen LogP contribution is -2.44. The molecule has 0 heterocycles. The number of fused-ring (bicyclic) bond motifs is 1. The molecule has 0 bridgehead atoms. The molecule has 3 heteroatoms. The van der Waals surface area contributed by atoms with E-state index in [9.17, 15) is 4.79 Å². The molecule has 3 nitrogen and oxygen atoms in total. The Morgan fingerprint density at radius 1 is 1.25 bits per heavy atom. The molecule has 5 atom stereocenters. The summed E-state index contributed by atoms with van der Waals surface area (Å²) in [5.41, 5.74) is 0.0805. The average molecular weight is 274 g/mol. The van der Waals surface area contributed by atoms with Gasteiger partial charge in [-0.2, -0.15) is 0 Å². The van der Waals surface area contributed by atoms with Crippen molar-refractivity contribution in [1.29, 1.82) is 0 Å². The smallest absolute Gasteiger partial charge is 0.338 e. The van der Waals surface area contributed by atoms with Crippen LogP contribution < -0.4 is 0 Å². The zero-order valence-electron chi connectivity index (χ0n) is 12.6. The highest BCUT2D eigenvalue weighted by atomic mass is 16.6. The van der Waals surface area contributed by atoms with E-state index in [0.29, 0.717) is 17.4 Å². The Hall–Kier alpha value is -1.35. The lowest BCUT2D eigenvalue weighted by atomic mass is 9.82. The maximum Gasteiger partial charge on any atom is 0.338 e. The third-order valence-corrected chi connectivity index (χ3v) is 5.81. The summed E-state index contributed by atoms with van der Waals surface area (Å²) in [6.45, 7) is 6.37. The lowest BCUT2D eigenvalue weighted by molar-refractivity contribution is -0.0808. The van der Waals surface area contributed by atoms with Crippen LogP contribution in [0.25, 0.3) is 0 Å². The average Bonchev–Trinajstić information content (AvgIpc) is 3.18. The van der Waals surface area contributed by atoms with E-state index in [2.05, 4.69) is 20.8 Å². The number of esters is 1. The Bertz CT molecular complexity index is 526. The van der Waals surface area contributed by atoms with Crippen LogP contribution in [-0.2, 0) is 9.47 Å². The molecule has 108 valence electrons. The first kappa shape index (κ1) is 13.6. The number of benzene rings is 1. The summed E-state index contributed by atoms with van der Waals surface area (Å²) < 4.78 is 11.7. The molecule has 0 radical (unpaired) electrons. The van der Waals surface area contributed by atoms with Gasteiger partial charge in [0, 0.05) is 18.9 Å². The zero-order valence-corrected chi connectivity index (χ0v) is 12.6. The molecule has 3 rings (SSSR count). The van der Waals surface area contributed by atoms with Gasteiger partial charge in [-0.05, 0) is 31.4 Å². The molecular formula is C17H22O3. The molecule has 5 unspecified atom stereocenters. The van der Waals surface area contributed by atoms with E-state index in [4.69, 9.17) is 9.47 Å². The Morgan fingerprint density at radius 3 is 2.45 bits per heavy atom. The van der Waals surface area contributed by atoms with Crippen molar-refractivity contribution in [3.05, 3.63) is 35.9 Å². The van der Waals surface area contributed by atoms with Crippen molar-refractivity contribution in [3.63, 3.8) is 0 Å². The molecule has 1 aromatic carbocycles. The second-order valence-electron chi connectivity index (χ2n) is 6.42. The van der Waals surface area contributed by atoms with Crippen molar-refractivity contribution in [1.82, 2.24) is 0 Å². The molecule has 0 amide bonds. The van der Waals surface area contributed by atoms with Crippen molar-refractivity contribution in [3.8, 4) is 0 Å². The number of rotatable bonds is 3. The highest BCUT2D eigenvalue weighted by Gasteiger charge is 2.74. The maximum absolute atomic E-state index is 12.3. The van der Waals surface area contributed by atoms with Crippen molar-refractivity contribution in [2.45, 2.75) is 38.4 Å². The fourth-order valence-corrected chi connectivity index (χ4v) is 4.09. The molecule has 2 fully saturated rings. The van der Waals surface area contributed by atoms with Crippen molar-refractivity contribution in [2.24, 2.45) is 17.8 Å². The van der Waals surface area contributed by atoms with E-state index in [0.717, 1.165) is 6.42 Å². The fourth-order valence-electron chi connectivity index (χ4n) is 4.09. The summed E-state index contributed by atoms with van der Waals surface area (Å²) in [6, 6.07) is 9.20. The van der Waals surface area contributed by atoms with Gasteiger partial charge in [-0.25, -0.2) is 4.79 Å². The summed E-state index contributed by atoms with van der Waals surface area (Å²) in [6.07, 6.45) is 1.09. The molecule has 1 aromatic rings. The van der Waals surface area contributed by atoms with Gasteiger partial charge in [0.25, 0.3) is 0 Å². The van der Waals surface area contributed by atoms with Crippen molar-refractivity contribution in [2.75, 3.05) is 7.11 Å². The Morgan fingerprint density at radius 2 is 1.90 bits per heavy atom. The third-order valence-electron chi connectivity index (χ3n) is 5.81. The number of carbonyl (C=O) groups is 1.